The minimum atomic E-state index is -0.565. The fraction of sp³-hybridized carbons (Fsp3) is 0.250. The molecule has 0 aliphatic heterocycles. The molecule has 2 aromatic heterocycles. The summed E-state index contributed by atoms with van der Waals surface area (Å²) in [5.74, 6) is -0.306. The van der Waals surface area contributed by atoms with Crippen LogP contribution in [0.25, 0.3) is 11.0 Å². The van der Waals surface area contributed by atoms with Gasteiger partial charge in [0.05, 0.1) is 18.5 Å². The Morgan fingerprint density at radius 2 is 1.89 bits per heavy atom. The summed E-state index contributed by atoms with van der Waals surface area (Å²) in [6, 6.07) is 10.9. The quantitative estimate of drug-likeness (QED) is 0.233. The number of nitrogens with one attached hydrogen (secondary N) is 4. The molecule has 2 amide bonds. The summed E-state index contributed by atoms with van der Waals surface area (Å²) in [5.41, 5.74) is 2.72. The topological polar surface area (TPSA) is 134 Å². The third-order valence-corrected chi connectivity index (χ3v) is 5.28. The first-order chi connectivity index (χ1) is 17.0. The average molecular weight is 543 g/mol. The predicted octanol–water partition coefficient (Wildman–Crippen LogP) is 4.91. The number of halogens is 1. The first kappa shape index (κ1) is 25.9. The normalized spacial score (nSPS) is 10.4. The van der Waals surface area contributed by atoms with Crippen LogP contribution in [0.5, 0.6) is 5.75 Å². The number of anilines is 2. The largest absolute Gasteiger partial charge is 0.489 e. The number of hydrogen-bond donors (Lipinski definition) is 4. The molecular weight excluding hydrogens is 516 g/mol. The molecule has 2 heterocycles. The van der Waals surface area contributed by atoms with E-state index >= 15 is 0 Å². The van der Waals surface area contributed by atoms with E-state index in [-0.39, 0.29) is 17.3 Å². The van der Waals surface area contributed by atoms with Crippen LogP contribution in [0.3, 0.4) is 0 Å². The van der Waals surface area contributed by atoms with Crippen molar-refractivity contribution in [1.29, 1.82) is 0 Å². The first-order valence-corrected chi connectivity index (χ1v) is 11.8. The lowest BCUT2D eigenvalue weighted by molar-refractivity contribution is 0.0985. The lowest BCUT2D eigenvalue weighted by atomic mass is 10.2. The van der Waals surface area contributed by atoms with Crippen molar-refractivity contribution in [3.8, 4) is 5.75 Å². The van der Waals surface area contributed by atoms with Gasteiger partial charge in [0.2, 0.25) is 5.95 Å². The summed E-state index contributed by atoms with van der Waals surface area (Å²) >= 11 is 3.38. The molecule has 0 aliphatic carbocycles. The summed E-state index contributed by atoms with van der Waals surface area (Å²) in [7, 11) is 1.59. The van der Waals surface area contributed by atoms with Gasteiger partial charge in [-0.25, -0.2) is 9.97 Å². The standard InChI is InChI=1S/C22H21BrN6O4.C2H6/c1-12-6-7-13(23)10-15(12)26-20(30)18-19(25-11-24-18)21(31)29-22-27-14-4-3-5-16(17(14)28-22)33-9-8-32-2;1-2/h3-7,10-11H,8-9H2,1-2H3,(H,24,25)(H,26,30)(H2,27,28,29,31);1-2H3. The zero-order valence-electron chi connectivity index (χ0n) is 19.9. The molecule has 0 unspecified atom stereocenters. The van der Waals surface area contributed by atoms with Gasteiger partial charge in [-0.05, 0) is 36.8 Å². The molecule has 0 radical (unpaired) electrons. The maximum Gasteiger partial charge on any atom is 0.276 e. The van der Waals surface area contributed by atoms with E-state index in [0.29, 0.717) is 35.7 Å². The number of methoxy groups -OCH3 is 1. The molecule has 4 aromatic rings. The van der Waals surface area contributed by atoms with Crippen molar-refractivity contribution in [3.63, 3.8) is 0 Å². The molecule has 11 heteroatoms. The van der Waals surface area contributed by atoms with Gasteiger partial charge < -0.3 is 24.8 Å². The third kappa shape index (κ3) is 6.25. The summed E-state index contributed by atoms with van der Waals surface area (Å²) in [4.78, 5) is 39.8. The molecule has 0 saturated heterocycles. The Labute approximate surface area is 211 Å². The van der Waals surface area contributed by atoms with Gasteiger partial charge in [-0.3, -0.25) is 14.9 Å². The number of hydrogen-bond acceptors (Lipinski definition) is 6. The number of benzene rings is 2. The third-order valence-electron chi connectivity index (χ3n) is 4.78. The van der Waals surface area contributed by atoms with E-state index in [2.05, 4.69) is 46.5 Å². The maximum atomic E-state index is 12.9. The Bertz CT molecular complexity index is 1320. The summed E-state index contributed by atoms with van der Waals surface area (Å²) in [5, 5.41) is 5.45. The minimum absolute atomic E-state index is 0.0113. The van der Waals surface area contributed by atoms with E-state index < -0.39 is 11.8 Å². The lowest BCUT2D eigenvalue weighted by Gasteiger charge is -2.08. The number of carbonyl (C=O) groups excluding carboxylic acids is 2. The van der Waals surface area contributed by atoms with Gasteiger partial charge in [0, 0.05) is 17.3 Å². The van der Waals surface area contributed by atoms with Crippen molar-refractivity contribution in [2.24, 2.45) is 0 Å². The van der Waals surface area contributed by atoms with Crippen molar-refractivity contribution in [3.05, 3.63) is 64.1 Å². The molecule has 0 atom stereocenters. The van der Waals surface area contributed by atoms with E-state index in [0.717, 1.165) is 10.0 Å². The highest BCUT2D eigenvalue weighted by Crippen LogP contribution is 2.25. The van der Waals surface area contributed by atoms with Crippen molar-refractivity contribution in [1.82, 2.24) is 19.9 Å². The summed E-state index contributed by atoms with van der Waals surface area (Å²) < 4.78 is 11.5. The van der Waals surface area contributed by atoms with Crippen LogP contribution in [0, 0.1) is 6.92 Å². The summed E-state index contributed by atoms with van der Waals surface area (Å²) in [6.45, 7) is 6.68. The van der Waals surface area contributed by atoms with Gasteiger partial charge in [0.1, 0.15) is 23.6 Å². The van der Waals surface area contributed by atoms with E-state index in [4.69, 9.17) is 9.47 Å². The fourth-order valence-corrected chi connectivity index (χ4v) is 3.50. The zero-order chi connectivity index (χ0) is 25.4. The predicted molar refractivity (Wildman–Crippen MR) is 138 cm³/mol. The highest BCUT2D eigenvalue weighted by molar-refractivity contribution is 9.10. The molecule has 0 bridgehead atoms. The Morgan fingerprint density at radius 3 is 2.66 bits per heavy atom. The summed E-state index contributed by atoms with van der Waals surface area (Å²) in [6.07, 6.45) is 1.29. The monoisotopic (exact) mass is 542 g/mol. The number of carbonyl (C=O) groups is 2. The number of amides is 2. The second-order valence-electron chi connectivity index (χ2n) is 7.07. The average Bonchev–Trinajstić information content (AvgIpc) is 3.50. The first-order valence-electron chi connectivity index (χ1n) is 11.0. The van der Waals surface area contributed by atoms with Crippen LogP contribution in [-0.2, 0) is 4.74 Å². The Morgan fingerprint density at radius 1 is 1.09 bits per heavy atom. The molecule has 0 fully saturated rings. The molecule has 2 aromatic carbocycles. The van der Waals surface area contributed by atoms with Crippen LogP contribution < -0.4 is 15.4 Å². The van der Waals surface area contributed by atoms with Crippen molar-refractivity contribution < 1.29 is 19.1 Å². The van der Waals surface area contributed by atoms with Crippen molar-refractivity contribution in [2.75, 3.05) is 31.0 Å². The van der Waals surface area contributed by atoms with Crippen LogP contribution in [0.1, 0.15) is 40.4 Å². The number of para-hydroxylation sites is 1. The van der Waals surface area contributed by atoms with E-state index in [1.807, 2.05) is 45.0 Å². The van der Waals surface area contributed by atoms with Gasteiger partial charge >= 0.3 is 0 Å². The Hall–Kier alpha value is -3.70. The van der Waals surface area contributed by atoms with Crippen LogP contribution in [0.15, 0.2) is 47.2 Å². The van der Waals surface area contributed by atoms with E-state index in [9.17, 15) is 9.59 Å². The molecule has 4 rings (SSSR count). The van der Waals surface area contributed by atoms with E-state index in [1.165, 1.54) is 6.33 Å². The molecule has 35 heavy (non-hydrogen) atoms. The van der Waals surface area contributed by atoms with Gasteiger partial charge in [0.25, 0.3) is 11.8 Å². The number of nitrogens with zero attached hydrogens (tertiary/aromatic N) is 2. The molecule has 184 valence electrons. The number of H-pyrrole nitrogens is 2. The molecule has 4 N–H and O–H groups in total. The highest BCUT2D eigenvalue weighted by atomic mass is 79.9. The molecular formula is C24H27BrN6O4. The number of fused-ring (bicyclic) bond motifs is 1. The van der Waals surface area contributed by atoms with Crippen LogP contribution in [0.2, 0.25) is 0 Å². The van der Waals surface area contributed by atoms with Crippen LogP contribution >= 0.6 is 15.9 Å². The Kier molecular flexibility index (Phi) is 8.98. The zero-order valence-corrected chi connectivity index (χ0v) is 21.4. The number of aromatic nitrogens is 4. The number of aryl methyl sites for hydroxylation is 1. The molecule has 0 saturated carbocycles. The van der Waals surface area contributed by atoms with Gasteiger partial charge in [-0.15, -0.1) is 0 Å². The number of imidazole rings is 2. The van der Waals surface area contributed by atoms with Crippen LogP contribution in [-0.4, -0.2) is 52.1 Å². The fourth-order valence-electron chi connectivity index (χ4n) is 3.14. The SMILES string of the molecule is CC.COCCOc1cccc2[nH]c(NC(=O)c3[nH]cnc3C(=O)Nc3cc(Br)ccc3C)nc12. The molecule has 0 spiro atoms. The molecule has 0 aliphatic rings. The van der Waals surface area contributed by atoms with Gasteiger partial charge in [-0.2, -0.15) is 0 Å². The second-order valence-corrected chi connectivity index (χ2v) is 7.99. The van der Waals surface area contributed by atoms with E-state index in [1.54, 1.807) is 19.2 Å². The van der Waals surface area contributed by atoms with Crippen LogP contribution in [0.4, 0.5) is 11.6 Å². The minimum Gasteiger partial charge on any atom is -0.489 e. The number of rotatable bonds is 8. The number of ether oxygens (including phenoxy) is 2. The van der Waals surface area contributed by atoms with Crippen molar-refractivity contribution in [2.45, 2.75) is 20.8 Å². The molecule has 10 nitrogen and oxygen atoms in total. The van der Waals surface area contributed by atoms with Crippen molar-refractivity contribution >= 4 is 50.4 Å². The highest BCUT2D eigenvalue weighted by Gasteiger charge is 2.22. The smallest absolute Gasteiger partial charge is 0.276 e. The Balaban J connectivity index is 0.00000167. The number of aromatic amines is 2. The maximum absolute atomic E-state index is 12.9. The van der Waals surface area contributed by atoms with Gasteiger partial charge in [-0.1, -0.05) is 41.9 Å². The van der Waals surface area contributed by atoms with Gasteiger partial charge in [0.15, 0.2) is 5.69 Å². The lowest BCUT2D eigenvalue weighted by Crippen LogP contribution is -2.21. The second kappa shape index (κ2) is 12.1.